The molecule has 1 fully saturated rings. The molecule has 1 aromatic rings. The van der Waals surface area contributed by atoms with Gasteiger partial charge >= 0.3 is 0 Å². The van der Waals surface area contributed by atoms with Crippen LogP contribution in [0.1, 0.15) is 25.8 Å². The van der Waals surface area contributed by atoms with Crippen LogP contribution in [0.3, 0.4) is 0 Å². The molecule has 0 saturated carbocycles. The quantitative estimate of drug-likeness (QED) is 0.908. The average Bonchev–Trinajstić information content (AvgIpc) is 2.37. The zero-order valence-electron chi connectivity index (χ0n) is 11.4. The van der Waals surface area contributed by atoms with Crippen molar-refractivity contribution < 1.29 is 8.42 Å². The zero-order valence-corrected chi connectivity index (χ0v) is 12.2. The van der Waals surface area contributed by atoms with E-state index in [1.54, 1.807) is 22.8 Å². The molecule has 1 saturated heterocycles. The second kappa shape index (κ2) is 5.98. The SMILES string of the molecule is CC1CC(C)CN(S(=O)(=O)NCc2cccnc2)C1. The van der Waals surface area contributed by atoms with Gasteiger partial charge in [0.05, 0.1) is 0 Å². The highest BCUT2D eigenvalue weighted by Crippen LogP contribution is 2.22. The number of pyridine rings is 1. The van der Waals surface area contributed by atoms with Crippen LogP contribution in [0.2, 0.25) is 0 Å². The number of hydrogen-bond donors (Lipinski definition) is 1. The molecule has 0 spiro atoms. The molecule has 0 aromatic carbocycles. The number of nitrogens with zero attached hydrogens (tertiary/aromatic N) is 2. The maximum absolute atomic E-state index is 12.2. The third-order valence-corrected chi connectivity index (χ3v) is 4.84. The first-order chi connectivity index (χ1) is 8.97. The van der Waals surface area contributed by atoms with Crippen molar-refractivity contribution in [1.29, 1.82) is 0 Å². The fourth-order valence-corrected chi connectivity index (χ4v) is 4.00. The number of rotatable bonds is 4. The van der Waals surface area contributed by atoms with E-state index >= 15 is 0 Å². The Hall–Kier alpha value is -0.980. The highest BCUT2D eigenvalue weighted by molar-refractivity contribution is 7.87. The van der Waals surface area contributed by atoms with Gasteiger partial charge in [-0.05, 0) is 29.9 Å². The van der Waals surface area contributed by atoms with E-state index in [9.17, 15) is 8.42 Å². The number of piperidine rings is 1. The van der Waals surface area contributed by atoms with Crippen LogP contribution in [-0.4, -0.2) is 30.8 Å². The summed E-state index contributed by atoms with van der Waals surface area (Å²) in [6, 6.07) is 3.66. The minimum Gasteiger partial charge on any atom is -0.264 e. The van der Waals surface area contributed by atoms with Gasteiger partial charge < -0.3 is 0 Å². The van der Waals surface area contributed by atoms with Crippen molar-refractivity contribution in [2.24, 2.45) is 11.8 Å². The van der Waals surface area contributed by atoms with E-state index < -0.39 is 10.2 Å². The van der Waals surface area contributed by atoms with Crippen molar-refractivity contribution >= 4 is 10.2 Å². The summed E-state index contributed by atoms with van der Waals surface area (Å²) in [4.78, 5) is 3.97. The van der Waals surface area contributed by atoms with Crippen LogP contribution in [0, 0.1) is 11.8 Å². The molecule has 1 aromatic heterocycles. The predicted molar refractivity (Wildman–Crippen MR) is 74.5 cm³/mol. The van der Waals surface area contributed by atoms with Crippen molar-refractivity contribution in [3.05, 3.63) is 30.1 Å². The Morgan fingerprint density at radius 2 is 2.05 bits per heavy atom. The summed E-state index contributed by atoms with van der Waals surface area (Å²) in [6.45, 7) is 5.69. The molecule has 1 N–H and O–H groups in total. The van der Waals surface area contributed by atoms with E-state index in [2.05, 4.69) is 23.6 Å². The van der Waals surface area contributed by atoms with E-state index in [1.165, 1.54) is 0 Å². The van der Waals surface area contributed by atoms with Gasteiger partial charge in [0.15, 0.2) is 0 Å². The molecule has 1 aliphatic heterocycles. The lowest BCUT2D eigenvalue weighted by Gasteiger charge is -2.33. The van der Waals surface area contributed by atoms with Gasteiger partial charge in [-0.3, -0.25) is 4.98 Å². The smallest absolute Gasteiger partial charge is 0.264 e. The minimum atomic E-state index is -3.39. The Labute approximate surface area is 115 Å². The molecule has 5 nitrogen and oxygen atoms in total. The highest BCUT2D eigenvalue weighted by Gasteiger charge is 2.29. The van der Waals surface area contributed by atoms with Gasteiger partial charge in [0.25, 0.3) is 10.2 Å². The molecular formula is C13H21N3O2S. The van der Waals surface area contributed by atoms with Crippen molar-refractivity contribution in [3.63, 3.8) is 0 Å². The molecule has 19 heavy (non-hydrogen) atoms. The molecular weight excluding hydrogens is 262 g/mol. The largest absolute Gasteiger partial charge is 0.279 e. The number of aromatic nitrogens is 1. The maximum atomic E-state index is 12.2. The molecule has 2 heterocycles. The van der Waals surface area contributed by atoms with Crippen molar-refractivity contribution in [1.82, 2.24) is 14.0 Å². The summed E-state index contributed by atoms with van der Waals surface area (Å²) < 4.78 is 28.7. The first-order valence-corrected chi connectivity index (χ1v) is 8.05. The monoisotopic (exact) mass is 283 g/mol. The lowest BCUT2D eigenvalue weighted by molar-refractivity contribution is 0.220. The van der Waals surface area contributed by atoms with Crippen LogP contribution in [0.5, 0.6) is 0 Å². The molecule has 0 aliphatic carbocycles. The van der Waals surface area contributed by atoms with Crippen molar-refractivity contribution in [2.45, 2.75) is 26.8 Å². The Kier molecular flexibility index (Phi) is 4.54. The number of hydrogen-bond acceptors (Lipinski definition) is 3. The van der Waals surface area contributed by atoms with Crippen LogP contribution in [0.4, 0.5) is 0 Å². The molecule has 2 rings (SSSR count). The Morgan fingerprint density at radius 3 is 2.63 bits per heavy atom. The first kappa shape index (κ1) is 14.4. The van der Waals surface area contributed by atoms with Gasteiger partial charge in [-0.1, -0.05) is 19.9 Å². The van der Waals surface area contributed by atoms with E-state index in [4.69, 9.17) is 0 Å². The van der Waals surface area contributed by atoms with Crippen LogP contribution in [0.15, 0.2) is 24.5 Å². The van der Waals surface area contributed by atoms with Gasteiger partial charge in [-0.15, -0.1) is 0 Å². The fraction of sp³-hybridized carbons (Fsp3) is 0.615. The lowest BCUT2D eigenvalue weighted by Crippen LogP contribution is -2.47. The molecule has 2 unspecified atom stereocenters. The molecule has 0 bridgehead atoms. The van der Waals surface area contributed by atoms with E-state index in [1.807, 2.05) is 6.07 Å². The van der Waals surface area contributed by atoms with E-state index in [-0.39, 0.29) is 6.54 Å². The summed E-state index contributed by atoms with van der Waals surface area (Å²) >= 11 is 0. The van der Waals surface area contributed by atoms with Crippen molar-refractivity contribution in [2.75, 3.05) is 13.1 Å². The zero-order chi connectivity index (χ0) is 13.9. The third-order valence-electron chi connectivity index (χ3n) is 3.36. The molecule has 106 valence electrons. The van der Waals surface area contributed by atoms with E-state index in [0.717, 1.165) is 12.0 Å². The van der Waals surface area contributed by atoms with Crippen molar-refractivity contribution in [3.8, 4) is 0 Å². The predicted octanol–water partition coefficient (Wildman–Crippen LogP) is 1.39. The maximum Gasteiger partial charge on any atom is 0.279 e. The molecule has 0 amide bonds. The molecule has 6 heteroatoms. The highest BCUT2D eigenvalue weighted by atomic mass is 32.2. The molecule has 2 atom stereocenters. The summed E-state index contributed by atoms with van der Waals surface area (Å²) in [5.41, 5.74) is 0.865. The third kappa shape index (κ3) is 3.99. The van der Waals surface area contributed by atoms with Gasteiger partial charge in [-0.2, -0.15) is 17.4 Å². The molecule has 0 radical (unpaired) electrons. The summed E-state index contributed by atoms with van der Waals surface area (Å²) in [5.74, 6) is 0.831. The van der Waals surface area contributed by atoms with Crippen LogP contribution < -0.4 is 4.72 Å². The fourth-order valence-electron chi connectivity index (χ4n) is 2.57. The topological polar surface area (TPSA) is 62.3 Å². The van der Waals surface area contributed by atoms with E-state index in [0.29, 0.717) is 24.9 Å². The summed E-state index contributed by atoms with van der Waals surface area (Å²) in [7, 11) is -3.39. The Balaban J connectivity index is 1.98. The average molecular weight is 283 g/mol. The van der Waals surface area contributed by atoms with Gasteiger partial charge in [0.2, 0.25) is 0 Å². The minimum absolute atomic E-state index is 0.287. The second-order valence-electron chi connectivity index (χ2n) is 5.45. The van der Waals surface area contributed by atoms with Gasteiger partial charge in [0, 0.05) is 32.0 Å². The van der Waals surface area contributed by atoms with Crippen LogP contribution in [-0.2, 0) is 16.8 Å². The summed E-state index contributed by atoms with van der Waals surface area (Å²) in [5, 5.41) is 0. The van der Waals surface area contributed by atoms with Crippen LogP contribution in [0.25, 0.3) is 0 Å². The van der Waals surface area contributed by atoms with Crippen LogP contribution >= 0.6 is 0 Å². The first-order valence-electron chi connectivity index (χ1n) is 6.61. The summed E-state index contributed by atoms with van der Waals surface area (Å²) in [6.07, 6.45) is 4.44. The standard InChI is InChI=1S/C13H21N3O2S/c1-11-6-12(2)10-16(9-11)19(17,18)15-8-13-4-3-5-14-7-13/h3-5,7,11-12,15H,6,8-10H2,1-2H3. The second-order valence-corrected chi connectivity index (χ2v) is 7.21. The lowest BCUT2D eigenvalue weighted by atomic mass is 9.94. The van der Waals surface area contributed by atoms with Gasteiger partial charge in [0.1, 0.15) is 0 Å². The normalized spacial score (nSPS) is 25.4. The Bertz CT molecular complexity index is 494. The molecule has 1 aliphatic rings. The number of nitrogens with one attached hydrogen (secondary N) is 1. The van der Waals surface area contributed by atoms with Gasteiger partial charge in [-0.25, -0.2) is 0 Å². The Morgan fingerprint density at radius 1 is 1.37 bits per heavy atom.